The quantitative estimate of drug-likeness (QED) is 0.648. The maximum Gasteiger partial charge on any atom is 0.328 e. The highest BCUT2D eigenvalue weighted by Crippen LogP contribution is 2.34. The molecule has 5 nitrogen and oxygen atoms in total. The molecular weight excluding hydrogens is 374 g/mol. The van der Waals surface area contributed by atoms with E-state index in [9.17, 15) is 13.2 Å². The average molecular weight is 390 g/mol. The summed E-state index contributed by atoms with van der Waals surface area (Å²) in [6, 6.07) is 9.93. The molecule has 0 radical (unpaired) electrons. The summed E-state index contributed by atoms with van der Waals surface area (Å²) >= 11 is 6.05. The molecule has 134 valence electrons. The van der Waals surface area contributed by atoms with Crippen LogP contribution in [0.15, 0.2) is 52.3 Å². The van der Waals surface area contributed by atoms with Crippen molar-refractivity contribution in [2.24, 2.45) is 0 Å². The highest BCUT2D eigenvalue weighted by atomic mass is 35.5. The van der Waals surface area contributed by atoms with E-state index in [1.807, 2.05) is 19.9 Å². The van der Waals surface area contributed by atoms with Crippen molar-refractivity contribution in [3.63, 3.8) is 0 Å². The molecule has 2 N–H and O–H groups in total. The molecule has 3 aromatic rings. The average Bonchev–Trinajstić information content (AvgIpc) is 2.90. The van der Waals surface area contributed by atoms with Crippen LogP contribution in [0.2, 0.25) is 5.02 Å². The number of aryl methyl sites for hydroxylation is 2. The lowest BCUT2D eigenvalue weighted by atomic mass is 10.2. The van der Waals surface area contributed by atoms with E-state index in [4.69, 9.17) is 16.7 Å². The van der Waals surface area contributed by atoms with Gasteiger partial charge in [-0.05, 0) is 61.4 Å². The van der Waals surface area contributed by atoms with E-state index in [2.05, 4.69) is 4.98 Å². The van der Waals surface area contributed by atoms with Gasteiger partial charge >= 0.3 is 5.97 Å². The van der Waals surface area contributed by atoms with E-state index < -0.39 is 15.8 Å². The summed E-state index contributed by atoms with van der Waals surface area (Å²) < 4.78 is 26.7. The van der Waals surface area contributed by atoms with Crippen LogP contribution in [0.3, 0.4) is 0 Å². The van der Waals surface area contributed by atoms with E-state index in [1.54, 1.807) is 30.3 Å². The molecule has 1 heterocycles. The monoisotopic (exact) mass is 389 g/mol. The Balaban J connectivity index is 2.35. The fourth-order valence-corrected chi connectivity index (χ4v) is 4.88. The van der Waals surface area contributed by atoms with E-state index >= 15 is 0 Å². The van der Waals surface area contributed by atoms with Crippen molar-refractivity contribution in [1.82, 2.24) is 4.98 Å². The minimum absolute atomic E-state index is 0.0116. The molecule has 0 saturated carbocycles. The van der Waals surface area contributed by atoms with E-state index in [1.165, 1.54) is 6.08 Å². The summed E-state index contributed by atoms with van der Waals surface area (Å²) in [7, 11) is -3.90. The van der Waals surface area contributed by atoms with Gasteiger partial charge in [0.2, 0.25) is 9.84 Å². The minimum Gasteiger partial charge on any atom is -0.478 e. The molecule has 3 rings (SSSR count). The second-order valence-corrected chi connectivity index (χ2v) is 8.38. The summed E-state index contributed by atoms with van der Waals surface area (Å²) in [5, 5.41) is 9.72. The molecule has 0 aliphatic rings. The highest BCUT2D eigenvalue weighted by Gasteiger charge is 2.26. The number of aliphatic carboxylic acids is 1. The van der Waals surface area contributed by atoms with Crippen molar-refractivity contribution in [3.8, 4) is 0 Å². The molecule has 2 aromatic carbocycles. The number of benzene rings is 2. The van der Waals surface area contributed by atoms with E-state index in [0.29, 0.717) is 15.9 Å². The molecule has 0 bridgehead atoms. The summed E-state index contributed by atoms with van der Waals surface area (Å²) in [5.41, 5.74) is 2.40. The number of hydrogen-bond donors (Lipinski definition) is 2. The van der Waals surface area contributed by atoms with Crippen molar-refractivity contribution >= 4 is 44.4 Å². The van der Waals surface area contributed by atoms with Crippen molar-refractivity contribution in [2.75, 3.05) is 0 Å². The molecule has 0 unspecified atom stereocenters. The fourth-order valence-electron chi connectivity index (χ4n) is 2.93. The van der Waals surface area contributed by atoms with Crippen molar-refractivity contribution < 1.29 is 18.3 Å². The third-order valence-corrected chi connectivity index (χ3v) is 5.98. The van der Waals surface area contributed by atoms with Gasteiger partial charge in [0.1, 0.15) is 4.90 Å². The Kier molecular flexibility index (Phi) is 4.64. The Morgan fingerprint density at radius 1 is 1.12 bits per heavy atom. The molecule has 0 saturated heterocycles. The molecule has 0 aliphatic carbocycles. The Bertz CT molecular complexity index is 1140. The van der Waals surface area contributed by atoms with Gasteiger partial charge in [-0.25, -0.2) is 13.2 Å². The molecule has 0 amide bonds. The Morgan fingerprint density at radius 2 is 1.77 bits per heavy atom. The maximum atomic E-state index is 13.3. The summed E-state index contributed by atoms with van der Waals surface area (Å²) in [6.07, 6.45) is 2.14. The Morgan fingerprint density at radius 3 is 2.38 bits per heavy atom. The Hall–Kier alpha value is -2.57. The zero-order valence-electron chi connectivity index (χ0n) is 14.1. The van der Waals surface area contributed by atoms with Gasteiger partial charge in [-0.1, -0.05) is 17.7 Å². The lowest BCUT2D eigenvalue weighted by Gasteiger charge is -2.08. The van der Waals surface area contributed by atoms with Crippen LogP contribution in [-0.4, -0.2) is 24.5 Å². The van der Waals surface area contributed by atoms with Crippen molar-refractivity contribution in [1.29, 1.82) is 0 Å². The number of aromatic nitrogens is 1. The van der Waals surface area contributed by atoms with Crippen molar-refractivity contribution in [3.05, 3.63) is 64.3 Å². The second kappa shape index (κ2) is 6.63. The predicted molar refractivity (Wildman–Crippen MR) is 101 cm³/mol. The first-order chi connectivity index (χ1) is 12.2. The first-order valence-electron chi connectivity index (χ1n) is 7.74. The molecule has 0 atom stereocenters. The van der Waals surface area contributed by atoms with Gasteiger partial charge in [0.15, 0.2) is 0 Å². The second-order valence-electron chi connectivity index (χ2n) is 6.06. The topological polar surface area (TPSA) is 87.2 Å². The number of hydrogen-bond acceptors (Lipinski definition) is 3. The summed E-state index contributed by atoms with van der Waals surface area (Å²) in [5.74, 6) is -1.17. The van der Waals surface area contributed by atoms with Crippen LogP contribution < -0.4 is 0 Å². The number of carboxylic acid groups (broad SMARTS) is 1. The number of rotatable bonds is 4. The van der Waals surface area contributed by atoms with Crippen LogP contribution in [0.4, 0.5) is 0 Å². The summed E-state index contributed by atoms with van der Waals surface area (Å²) in [6.45, 7) is 3.65. The van der Waals surface area contributed by atoms with Crippen LogP contribution in [0.1, 0.15) is 16.8 Å². The Labute approximate surface area is 155 Å². The van der Waals surface area contributed by atoms with Gasteiger partial charge in [-0.15, -0.1) is 0 Å². The number of H-pyrrole nitrogens is 1. The molecule has 26 heavy (non-hydrogen) atoms. The van der Waals surface area contributed by atoms with Crippen molar-refractivity contribution in [2.45, 2.75) is 23.6 Å². The zero-order valence-corrected chi connectivity index (χ0v) is 15.6. The van der Waals surface area contributed by atoms with Crippen LogP contribution in [0.25, 0.3) is 17.0 Å². The van der Waals surface area contributed by atoms with E-state index in [0.717, 1.165) is 17.2 Å². The minimum atomic E-state index is -3.90. The van der Waals surface area contributed by atoms with Gasteiger partial charge in [-0.3, -0.25) is 0 Å². The van der Waals surface area contributed by atoms with Gasteiger partial charge < -0.3 is 10.1 Å². The number of sulfone groups is 1. The van der Waals surface area contributed by atoms with Gasteiger partial charge in [-0.2, -0.15) is 0 Å². The molecule has 0 fully saturated rings. The van der Waals surface area contributed by atoms with Gasteiger partial charge in [0.05, 0.1) is 10.6 Å². The highest BCUT2D eigenvalue weighted by molar-refractivity contribution is 7.91. The fraction of sp³-hybridized carbons (Fsp3) is 0.105. The predicted octanol–water partition coefficient (Wildman–Crippen LogP) is 4.37. The number of aromatic amines is 1. The molecular formula is C19H16ClNO4S. The largest absolute Gasteiger partial charge is 0.478 e. The van der Waals surface area contributed by atoms with Crippen LogP contribution in [0.5, 0.6) is 0 Å². The SMILES string of the molecule is Cc1cc(C)cc(S(=O)(=O)c2c(/C=C/C(=O)O)[nH]c3ccc(Cl)cc23)c1. The standard InChI is InChI=1S/C19H16ClNO4S/c1-11-7-12(2)9-14(8-11)26(24,25)19-15-10-13(20)3-4-16(15)21-17(19)5-6-18(22)23/h3-10,21H,1-2H3,(H,22,23)/b6-5+. The van der Waals surface area contributed by atoms with Crippen LogP contribution in [0, 0.1) is 13.8 Å². The number of carbonyl (C=O) groups is 1. The molecule has 0 spiro atoms. The first-order valence-corrected chi connectivity index (χ1v) is 9.60. The molecule has 7 heteroatoms. The van der Waals surface area contributed by atoms with E-state index in [-0.39, 0.29) is 15.5 Å². The smallest absolute Gasteiger partial charge is 0.328 e. The lowest BCUT2D eigenvalue weighted by molar-refractivity contribution is -0.131. The third kappa shape index (κ3) is 3.38. The first kappa shape index (κ1) is 18.2. The third-order valence-electron chi connectivity index (χ3n) is 3.91. The summed E-state index contributed by atoms with van der Waals surface area (Å²) in [4.78, 5) is 14.0. The molecule has 1 aromatic heterocycles. The number of halogens is 1. The van der Waals surface area contributed by atoms with Gasteiger partial charge in [0.25, 0.3) is 0 Å². The number of nitrogens with one attached hydrogen (secondary N) is 1. The number of fused-ring (bicyclic) bond motifs is 1. The van der Waals surface area contributed by atoms with Crippen LogP contribution in [-0.2, 0) is 14.6 Å². The number of carboxylic acids is 1. The maximum absolute atomic E-state index is 13.3. The molecule has 0 aliphatic heterocycles. The normalized spacial score (nSPS) is 12.1. The zero-order chi connectivity index (χ0) is 19.1. The van der Waals surface area contributed by atoms with Crippen LogP contribution >= 0.6 is 11.6 Å². The lowest BCUT2D eigenvalue weighted by Crippen LogP contribution is -2.04. The van der Waals surface area contributed by atoms with Gasteiger partial charge in [0, 0.05) is 22.0 Å².